The van der Waals surface area contributed by atoms with Crippen molar-refractivity contribution in [3.05, 3.63) is 34.9 Å². The molecular weight excluding hydrogens is 283 g/mol. The molecule has 0 aromatic heterocycles. The normalized spacial score (nSPS) is 25.6. The second-order valence-corrected chi connectivity index (χ2v) is 5.54. The van der Waals surface area contributed by atoms with Crippen LogP contribution in [-0.2, 0) is 0 Å². The number of halogens is 2. The van der Waals surface area contributed by atoms with Gasteiger partial charge in [0.15, 0.2) is 0 Å². The molecule has 2 bridgehead atoms. The summed E-state index contributed by atoms with van der Waals surface area (Å²) in [7, 11) is 0. The van der Waals surface area contributed by atoms with E-state index in [2.05, 4.69) is 10.2 Å². The number of amides is 1. The van der Waals surface area contributed by atoms with E-state index in [0.29, 0.717) is 22.7 Å². The second kappa shape index (κ2) is 6.12. The fourth-order valence-corrected chi connectivity index (χ4v) is 3.27. The number of rotatable bonds is 1. The molecule has 3 nitrogen and oxygen atoms in total. The largest absolute Gasteiger partial charge is 0.331 e. The number of carbonyl (C=O) groups is 1. The highest BCUT2D eigenvalue weighted by Gasteiger charge is 2.38. The molecule has 19 heavy (non-hydrogen) atoms. The number of hydrogen-bond donors (Lipinski definition) is 1. The molecule has 2 saturated heterocycles. The summed E-state index contributed by atoms with van der Waals surface area (Å²) in [5, 5.41) is 4.03. The van der Waals surface area contributed by atoms with Crippen LogP contribution in [0.15, 0.2) is 24.3 Å². The van der Waals surface area contributed by atoms with Gasteiger partial charge in [-0.05, 0) is 44.0 Å². The zero-order chi connectivity index (χ0) is 12.5. The molecular formula is C14H18Cl2N2O. The van der Waals surface area contributed by atoms with Gasteiger partial charge in [0.1, 0.15) is 0 Å². The molecule has 1 N–H and O–H groups in total. The number of benzene rings is 1. The molecule has 0 saturated carbocycles. The Labute approximate surface area is 124 Å². The van der Waals surface area contributed by atoms with Crippen LogP contribution in [0.4, 0.5) is 0 Å². The smallest absolute Gasteiger partial charge is 0.254 e. The molecule has 2 aliphatic rings. The van der Waals surface area contributed by atoms with Crippen molar-refractivity contribution >= 4 is 29.9 Å². The Bertz CT molecular complexity index is 453. The molecule has 1 amide bonds. The van der Waals surface area contributed by atoms with Crippen LogP contribution in [0.2, 0.25) is 5.02 Å². The van der Waals surface area contributed by atoms with Gasteiger partial charge in [-0.15, -0.1) is 12.4 Å². The summed E-state index contributed by atoms with van der Waals surface area (Å²) in [5.41, 5.74) is 0.710. The van der Waals surface area contributed by atoms with E-state index in [-0.39, 0.29) is 18.3 Å². The van der Waals surface area contributed by atoms with Gasteiger partial charge in [-0.3, -0.25) is 4.79 Å². The number of nitrogens with zero attached hydrogens (tertiary/aromatic N) is 1. The van der Waals surface area contributed by atoms with Gasteiger partial charge in [0.2, 0.25) is 0 Å². The average Bonchev–Trinajstić information content (AvgIpc) is 2.62. The number of nitrogens with one attached hydrogen (secondary N) is 1. The first-order chi connectivity index (χ1) is 8.75. The number of hydrogen-bond acceptors (Lipinski definition) is 2. The maximum atomic E-state index is 12.6. The zero-order valence-electron chi connectivity index (χ0n) is 10.6. The lowest BCUT2D eigenvalue weighted by atomic mass is 10.1. The van der Waals surface area contributed by atoms with Gasteiger partial charge in [-0.1, -0.05) is 17.7 Å². The Kier molecular flexibility index (Phi) is 4.71. The molecule has 2 unspecified atom stereocenters. The van der Waals surface area contributed by atoms with Gasteiger partial charge in [-0.2, -0.15) is 0 Å². The summed E-state index contributed by atoms with van der Waals surface area (Å²) in [4.78, 5) is 14.7. The van der Waals surface area contributed by atoms with Crippen LogP contribution in [0, 0.1) is 0 Å². The predicted octanol–water partition coefficient (Wildman–Crippen LogP) is 2.73. The van der Waals surface area contributed by atoms with Crippen molar-refractivity contribution in [2.45, 2.75) is 31.3 Å². The van der Waals surface area contributed by atoms with E-state index in [1.165, 1.54) is 0 Å². The van der Waals surface area contributed by atoms with Crippen molar-refractivity contribution in [1.82, 2.24) is 10.2 Å². The van der Waals surface area contributed by atoms with E-state index < -0.39 is 0 Å². The molecule has 3 rings (SSSR count). The van der Waals surface area contributed by atoms with E-state index >= 15 is 0 Å². The standard InChI is InChI=1S/C14H17ClN2O.ClH/c15-11-3-1-2-10(8-11)14(18)17-12-4-5-13(17)9-16-7-6-12;/h1-3,8,12-13,16H,4-7,9H2;1H. The van der Waals surface area contributed by atoms with Gasteiger partial charge in [0.05, 0.1) is 0 Å². The summed E-state index contributed by atoms with van der Waals surface area (Å²) in [6.45, 7) is 1.93. The minimum atomic E-state index is 0. The van der Waals surface area contributed by atoms with Gasteiger partial charge < -0.3 is 10.2 Å². The molecule has 0 aliphatic carbocycles. The third kappa shape index (κ3) is 2.88. The van der Waals surface area contributed by atoms with Crippen LogP contribution in [0.3, 0.4) is 0 Å². The van der Waals surface area contributed by atoms with E-state index in [1.807, 2.05) is 12.1 Å². The maximum absolute atomic E-state index is 12.6. The van der Waals surface area contributed by atoms with Gasteiger partial charge >= 0.3 is 0 Å². The Morgan fingerprint density at radius 3 is 2.84 bits per heavy atom. The summed E-state index contributed by atoms with van der Waals surface area (Å²) in [5.74, 6) is 0.133. The van der Waals surface area contributed by atoms with E-state index in [0.717, 1.165) is 32.4 Å². The molecule has 0 radical (unpaired) electrons. The summed E-state index contributed by atoms with van der Waals surface area (Å²) >= 11 is 5.97. The summed E-state index contributed by atoms with van der Waals surface area (Å²) in [6.07, 6.45) is 3.31. The molecule has 1 aromatic carbocycles. The van der Waals surface area contributed by atoms with Crippen molar-refractivity contribution < 1.29 is 4.79 Å². The fraction of sp³-hybridized carbons (Fsp3) is 0.500. The molecule has 5 heteroatoms. The number of carbonyl (C=O) groups excluding carboxylic acids is 1. The van der Waals surface area contributed by atoms with Crippen LogP contribution in [0.25, 0.3) is 0 Å². The Morgan fingerprint density at radius 2 is 2.05 bits per heavy atom. The van der Waals surface area contributed by atoms with E-state index in [9.17, 15) is 4.79 Å². The quantitative estimate of drug-likeness (QED) is 0.865. The fourth-order valence-electron chi connectivity index (χ4n) is 3.08. The second-order valence-electron chi connectivity index (χ2n) is 5.10. The van der Waals surface area contributed by atoms with Crippen LogP contribution >= 0.6 is 24.0 Å². The molecule has 104 valence electrons. The summed E-state index contributed by atoms with van der Waals surface area (Å²) in [6, 6.07) is 8.01. The van der Waals surface area contributed by atoms with E-state index in [1.54, 1.807) is 12.1 Å². The molecule has 2 fully saturated rings. The van der Waals surface area contributed by atoms with Crippen LogP contribution < -0.4 is 5.32 Å². The lowest BCUT2D eigenvalue weighted by Crippen LogP contribution is -2.42. The molecule has 2 atom stereocenters. The van der Waals surface area contributed by atoms with E-state index in [4.69, 9.17) is 11.6 Å². The Balaban J connectivity index is 0.00000133. The van der Waals surface area contributed by atoms with Crippen molar-refractivity contribution in [1.29, 1.82) is 0 Å². The minimum Gasteiger partial charge on any atom is -0.331 e. The molecule has 2 aliphatic heterocycles. The topological polar surface area (TPSA) is 32.3 Å². The van der Waals surface area contributed by atoms with Gasteiger partial charge in [0, 0.05) is 29.2 Å². The monoisotopic (exact) mass is 300 g/mol. The third-order valence-electron chi connectivity index (χ3n) is 3.96. The van der Waals surface area contributed by atoms with Crippen molar-refractivity contribution in [3.63, 3.8) is 0 Å². The van der Waals surface area contributed by atoms with Gasteiger partial charge in [0.25, 0.3) is 5.91 Å². The average molecular weight is 301 g/mol. The zero-order valence-corrected chi connectivity index (χ0v) is 12.2. The molecule has 1 aromatic rings. The van der Waals surface area contributed by atoms with Crippen LogP contribution in [0.1, 0.15) is 29.6 Å². The number of fused-ring (bicyclic) bond motifs is 2. The maximum Gasteiger partial charge on any atom is 0.254 e. The first kappa shape index (κ1) is 14.6. The third-order valence-corrected chi connectivity index (χ3v) is 4.20. The highest BCUT2D eigenvalue weighted by molar-refractivity contribution is 6.30. The van der Waals surface area contributed by atoms with Crippen molar-refractivity contribution in [3.8, 4) is 0 Å². The van der Waals surface area contributed by atoms with Gasteiger partial charge in [-0.25, -0.2) is 0 Å². The SMILES string of the molecule is Cl.O=C(c1cccc(Cl)c1)N1C2CCNCC1CC2. The highest BCUT2D eigenvalue weighted by atomic mass is 35.5. The lowest BCUT2D eigenvalue weighted by Gasteiger charge is -2.28. The highest BCUT2D eigenvalue weighted by Crippen LogP contribution is 2.29. The van der Waals surface area contributed by atoms with Crippen LogP contribution in [0.5, 0.6) is 0 Å². The van der Waals surface area contributed by atoms with Crippen molar-refractivity contribution in [2.24, 2.45) is 0 Å². The minimum absolute atomic E-state index is 0. The Morgan fingerprint density at radius 1 is 1.26 bits per heavy atom. The van der Waals surface area contributed by atoms with Crippen molar-refractivity contribution in [2.75, 3.05) is 13.1 Å². The van der Waals surface area contributed by atoms with Crippen LogP contribution in [-0.4, -0.2) is 36.0 Å². The lowest BCUT2D eigenvalue weighted by molar-refractivity contribution is 0.0680. The summed E-state index contributed by atoms with van der Waals surface area (Å²) < 4.78 is 0. The molecule has 0 spiro atoms. The first-order valence-corrected chi connectivity index (χ1v) is 6.92. The molecule has 2 heterocycles. The Hall–Kier alpha value is -0.770. The first-order valence-electron chi connectivity index (χ1n) is 6.54. The predicted molar refractivity (Wildman–Crippen MR) is 79.2 cm³/mol.